The van der Waals surface area contributed by atoms with Crippen LogP contribution in [0.3, 0.4) is 0 Å². The molecule has 4 N–H and O–H groups in total. The van der Waals surface area contributed by atoms with Crippen molar-refractivity contribution in [2.75, 3.05) is 18.4 Å². The summed E-state index contributed by atoms with van der Waals surface area (Å²) in [6, 6.07) is 0. The summed E-state index contributed by atoms with van der Waals surface area (Å²) in [4.78, 5) is 14.7. The van der Waals surface area contributed by atoms with Gasteiger partial charge in [0.2, 0.25) is 0 Å². The molecule has 1 rings (SSSR count). The molecule has 0 aliphatic rings. The van der Waals surface area contributed by atoms with Gasteiger partial charge in [0.05, 0.1) is 0 Å². The van der Waals surface area contributed by atoms with Crippen LogP contribution < -0.4 is 16.7 Å². The maximum atomic E-state index is 10.9. The highest BCUT2D eigenvalue weighted by molar-refractivity contribution is 5.37. The second-order valence-electron chi connectivity index (χ2n) is 3.70. The fourth-order valence-corrected chi connectivity index (χ4v) is 1.39. The highest BCUT2D eigenvalue weighted by Gasteiger charge is 2.00. The second kappa shape index (κ2) is 6.95. The molecule has 0 spiro atoms. The van der Waals surface area contributed by atoms with Gasteiger partial charge in [-0.15, -0.1) is 0 Å². The summed E-state index contributed by atoms with van der Waals surface area (Å²) < 4.78 is 0. The molecule has 0 unspecified atom stereocenters. The monoisotopic (exact) mass is 225 g/mol. The van der Waals surface area contributed by atoms with Gasteiger partial charge in [-0.25, -0.2) is 9.89 Å². The number of nitrogens with two attached hydrogens (primary N) is 1. The molecule has 0 aromatic carbocycles. The summed E-state index contributed by atoms with van der Waals surface area (Å²) in [7, 11) is 0. The van der Waals surface area contributed by atoms with Crippen molar-refractivity contribution in [2.24, 2.45) is 5.73 Å². The van der Waals surface area contributed by atoms with E-state index >= 15 is 0 Å². The average Bonchev–Trinajstić information content (AvgIpc) is 2.28. The number of nitrogens with one attached hydrogen (secondary N) is 2. The van der Waals surface area contributed by atoms with E-state index in [0.717, 1.165) is 38.8 Å². The Morgan fingerprint density at radius 2 is 2.06 bits per heavy atom. The molecule has 0 atom stereocenters. The van der Waals surface area contributed by atoms with Crippen molar-refractivity contribution in [1.29, 1.82) is 0 Å². The topological polar surface area (TPSA) is 96.7 Å². The lowest BCUT2D eigenvalue weighted by Crippen LogP contribution is -2.17. The smallest absolute Gasteiger partial charge is 0.363 e. The number of nitrogens with zero attached hydrogens (tertiary/aromatic N) is 2. The van der Waals surface area contributed by atoms with E-state index in [0.29, 0.717) is 11.5 Å². The number of aromatic amines is 1. The molecule has 6 heteroatoms. The number of hydrogen-bond donors (Lipinski definition) is 3. The lowest BCUT2D eigenvalue weighted by Gasteiger charge is -2.06. The third kappa shape index (κ3) is 4.39. The Balaban J connectivity index is 2.26. The van der Waals surface area contributed by atoms with Gasteiger partial charge in [-0.05, 0) is 26.3 Å². The molecule has 0 saturated carbocycles. The molecule has 0 bridgehead atoms. The number of anilines is 1. The van der Waals surface area contributed by atoms with Gasteiger partial charge in [0.1, 0.15) is 5.69 Å². The van der Waals surface area contributed by atoms with E-state index in [2.05, 4.69) is 20.5 Å². The van der Waals surface area contributed by atoms with Crippen LogP contribution in [0.2, 0.25) is 0 Å². The Hall–Kier alpha value is -1.43. The third-order valence-corrected chi connectivity index (χ3v) is 2.30. The molecule has 0 saturated heterocycles. The number of rotatable bonds is 7. The molecule has 1 heterocycles. The minimum atomic E-state index is -0.420. The second-order valence-corrected chi connectivity index (χ2v) is 3.70. The van der Waals surface area contributed by atoms with E-state index in [1.54, 1.807) is 6.92 Å². The first-order valence-electron chi connectivity index (χ1n) is 5.61. The molecule has 1 aromatic rings. The van der Waals surface area contributed by atoms with Gasteiger partial charge >= 0.3 is 5.69 Å². The molecule has 16 heavy (non-hydrogen) atoms. The molecular formula is C10H19N5O. The van der Waals surface area contributed by atoms with Crippen molar-refractivity contribution < 1.29 is 0 Å². The highest BCUT2D eigenvalue weighted by Crippen LogP contribution is 2.04. The average molecular weight is 225 g/mol. The normalized spacial score (nSPS) is 10.4. The standard InChI is InChI=1S/C10H19N5O/c1-8-9(13-10(16)15-14-8)12-7-5-3-2-4-6-11/h2-7,11H2,1H3,(H2,12,13,15,16). The van der Waals surface area contributed by atoms with Crippen LogP contribution in [-0.4, -0.2) is 28.3 Å². The molecule has 6 nitrogen and oxygen atoms in total. The van der Waals surface area contributed by atoms with Gasteiger partial charge in [0.15, 0.2) is 5.82 Å². The summed E-state index contributed by atoms with van der Waals surface area (Å²) in [6.07, 6.45) is 4.41. The van der Waals surface area contributed by atoms with Crippen molar-refractivity contribution in [1.82, 2.24) is 15.2 Å². The van der Waals surface area contributed by atoms with Crippen LogP contribution in [0.25, 0.3) is 0 Å². The first kappa shape index (κ1) is 12.6. The zero-order valence-electron chi connectivity index (χ0n) is 9.62. The largest absolute Gasteiger partial charge is 0.368 e. The van der Waals surface area contributed by atoms with Gasteiger partial charge < -0.3 is 11.1 Å². The van der Waals surface area contributed by atoms with Gasteiger partial charge in [0.25, 0.3) is 0 Å². The molecule has 90 valence electrons. The van der Waals surface area contributed by atoms with E-state index in [1.165, 1.54) is 0 Å². The van der Waals surface area contributed by atoms with E-state index < -0.39 is 5.69 Å². The lowest BCUT2D eigenvalue weighted by molar-refractivity contribution is 0.660. The van der Waals surface area contributed by atoms with E-state index in [1.807, 2.05) is 0 Å². The number of unbranched alkanes of at least 4 members (excludes halogenated alkanes) is 3. The summed E-state index contributed by atoms with van der Waals surface area (Å²) in [6.45, 7) is 3.37. The first-order valence-corrected chi connectivity index (χ1v) is 5.61. The van der Waals surface area contributed by atoms with Crippen molar-refractivity contribution in [2.45, 2.75) is 32.6 Å². The molecule has 0 fully saturated rings. The Morgan fingerprint density at radius 1 is 1.31 bits per heavy atom. The molecule has 0 amide bonds. The Kier molecular flexibility index (Phi) is 5.49. The molecule has 0 aliphatic carbocycles. The van der Waals surface area contributed by atoms with Crippen LogP contribution in [0.5, 0.6) is 0 Å². The molecule has 0 aliphatic heterocycles. The van der Waals surface area contributed by atoms with Crippen molar-refractivity contribution in [3.63, 3.8) is 0 Å². The Bertz CT molecular complexity index is 362. The van der Waals surface area contributed by atoms with Crippen LogP contribution in [0.4, 0.5) is 5.82 Å². The van der Waals surface area contributed by atoms with Gasteiger partial charge in [-0.3, -0.25) is 0 Å². The summed E-state index contributed by atoms with van der Waals surface area (Å²) in [5, 5.41) is 9.22. The fraction of sp³-hybridized carbons (Fsp3) is 0.700. The third-order valence-electron chi connectivity index (χ3n) is 2.30. The zero-order valence-corrected chi connectivity index (χ0v) is 9.62. The molecular weight excluding hydrogens is 206 g/mol. The maximum absolute atomic E-state index is 10.9. The van der Waals surface area contributed by atoms with Crippen LogP contribution in [0.15, 0.2) is 4.79 Å². The predicted octanol–water partition coefficient (Wildman–Crippen LogP) is 0.404. The Labute approximate surface area is 94.7 Å². The van der Waals surface area contributed by atoms with E-state index in [4.69, 9.17) is 5.73 Å². The highest BCUT2D eigenvalue weighted by atomic mass is 16.1. The van der Waals surface area contributed by atoms with Gasteiger partial charge in [-0.2, -0.15) is 10.1 Å². The van der Waals surface area contributed by atoms with Gasteiger partial charge in [0, 0.05) is 6.54 Å². The molecule has 0 radical (unpaired) electrons. The minimum absolute atomic E-state index is 0.420. The number of aryl methyl sites for hydroxylation is 1. The summed E-state index contributed by atoms with van der Waals surface area (Å²) in [5.41, 5.74) is 5.69. The van der Waals surface area contributed by atoms with E-state index in [-0.39, 0.29) is 0 Å². The zero-order chi connectivity index (χ0) is 11.8. The van der Waals surface area contributed by atoms with Crippen LogP contribution in [0, 0.1) is 6.92 Å². The summed E-state index contributed by atoms with van der Waals surface area (Å²) >= 11 is 0. The SMILES string of the molecule is Cc1n[nH]c(=O)nc1NCCCCCCN. The molecule has 1 aromatic heterocycles. The van der Waals surface area contributed by atoms with Crippen LogP contribution in [0.1, 0.15) is 31.4 Å². The number of aromatic nitrogens is 3. The Morgan fingerprint density at radius 3 is 2.81 bits per heavy atom. The summed E-state index contributed by atoms with van der Waals surface area (Å²) in [5.74, 6) is 0.572. The maximum Gasteiger partial charge on any atom is 0.363 e. The van der Waals surface area contributed by atoms with E-state index in [9.17, 15) is 4.79 Å². The number of H-pyrrole nitrogens is 1. The lowest BCUT2D eigenvalue weighted by atomic mass is 10.2. The van der Waals surface area contributed by atoms with Crippen LogP contribution >= 0.6 is 0 Å². The first-order chi connectivity index (χ1) is 7.74. The van der Waals surface area contributed by atoms with Crippen molar-refractivity contribution >= 4 is 5.82 Å². The predicted molar refractivity (Wildman–Crippen MR) is 63.4 cm³/mol. The van der Waals surface area contributed by atoms with Crippen molar-refractivity contribution in [3.8, 4) is 0 Å². The number of hydrogen-bond acceptors (Lipinski definition) is 5. The van der Waals surface area contributed by atoms with Crippen molar-refractivity contribution in [3.05, 3.63) is 16.2 Å². The quantitative estimate of drug-likeness (QED) is 0.584. The minimum Gasteiger partial charge on any atom is -0.368 e. The van der Waals surface area contributed by atoms with Gasteiger partial charge in [-0.1, -0.05) is 12.8 Å². The van der Waals surface area contributed by atoms with Crippen LogP contribution in [-0.2, 0) is 0 Å². The fourth-order valence-electron chi connectivity index (χ4n) is 1.39.